The average Bonchev–Trinajstić information content (AvgIpc) is 2.58. The van der Waals surface area contributed by atoms with E-state index in [-0.39, 0.29) is 35.4 Å². The van der Waals surface area contributed by atoms with Crippen molar-refractivity contribution < 1.29 is 23.4 Å². The number of nitrogens with zero attached hydrogens (tertiary/aromatic N) is 1. The second-order valence-corrected chi connectivity index (χ2v) is 7.01. The summed E-state index contributed by atoms with van der Waals surface area (Å²) in [6.45, 7) is 2.01. The van der Waals surface area contributed by atoms with Crippen molar-refractivity contribution in [3.05, 3.63) is 15.8 Å². The lowest BCUT2D eigenvalue weighted by molar-refractivity contribution is 0.0697. The first-order valence-electron chi connectivity index (χ1n) is 5.30. The molecule has 0 aromatic carbocycles. The monoisotopic (exact) mass is 291 g/mol. The third-order valence-corrected chi connectivity index (χ3v) is 6.13. The van der Waals surface area contributed by atoms with Crippen LogP contribution in [0.3, 0.4) is 0 Å². The Balaban J connectivity index is 2.37. The van der Waals surface area contributed by atoms with Gasteiger partial charge in [0.1, 0.15) is 9.77 Å². The van der Waals surface area contributed by atoms with Crippen LogP contribution >= 0.6 is 11.3 Å². The minimum absolute atomic E-state index is 0.0491. The molecule has 100 valence electrons. The fraction of sp³-hybridized carbons (Fsp3) is 0.500. The van der Waals surface area contributed by atoms with Crippen molar-refractivity contribution in [1.82, 2.24) is 4.31 Å². The number of aromatic carboxylic acids is 1. The number of aryl methyl sites for hydroxylation is 1. The number of aliphatic hydroxyl groups is 1. The summed E-state index contributed by atoms with van der Waals surface area (Å²) in [6.07, 6.45) is 0. The van der Waals surface area contributed by atoms with E-state index < -0.39 is 16.0 Å². The number of carboxylic acids is 1. The van der Waals surface area contributed by atoms with Gasteiger partial charge in [-0.3, -0.25) is 0 Å². The van der Waals surface area contributed by atoms with E-state index in [4.69, 9.17) is 10.2 Å². The van der Waals surface area contributed by atoms with Crippen LogP contribution in [0.4, 0.5) is 0 Å². The van der Waals surface area contributed by atoms with E-state index >= 15 is 0 Å². The van der Waals surface area contributed by atoms with E-state index in [1.165, 1.54) is 9.69 Å². The number of carbonyl (C=O) groups is 1. The topological polar surface area (TPSA) is 94.9 Å². The van der Waals surface area contributed by atoms with E-state index in [2.05, 4.69) is 0 Å². The van der Waals surface area contributed by atoms with Crippen LogP contribution in [0.2, 0.25) is 0 Å². The van der Waals surface area contributed by atoms with Crippen molar-refractivity contribution in [2.45, 2.75) is 11.8 Å². The summed E-state index contributed by atoms with van der Waals surface area (Å²) in [5, 5.41) is 19.4. The van der Waals surface area contributed by atoms with Crippen LogP contribution in [-0.2, 0) is 10.0 Å². The van der Waals surface area contributed by atoms with E-state index in [0.717, 1.165) is 11.3 Å². The van der Waals surface area contributed by atoms with Gasteiger partial charge in [0, 0.05) is 25.6 Å². The first kappa shape index (κ1) is 13.5. The highest BCUT2D eigenvalue weighted by molar-refractivity contribution is 7.89. The van der Waals surface area contributed by atoms with Crippen LogP contribution in [-0.4, -0.2) is 48.6 Å². The number of rotatable bonds is 4. The predicted molar refractivity (Wildman–Crippen MR) is 65.3 cm³/mol. The Hall–Kier alpha value is -0.960. The highest BCUT2D eigenvalue weighted by Crippen LogP contribution is 2.32. The standard InChI is InChI=1S/C10H13NO5S2/c1-6-5-17-8(10(13)14)9(6)18(15,16)11-2-7(3-11)4-12/h5,7,12H,2-4H2,1H3,(H,13,14). The minimum atomic E-state index is -3.76. The van der Waals surface area contributed by atoms with Crippen molar-refractivity contribution in [1.29, 1.82) is 0 Å². The molecule has 1 aliphatic heterocycles. The summed E-state index contributed by atoms with van der Waals surface area (Å²) >= 11 is 0.915. The number of aliphatic hydroxyl groups excluding tert-OH is 1. The van der Waals surface area contributed by atoms with E-state index in [1.54, 1.807) is 6.92 Å². The van der Waals surface area contributed by atoms with Crippen molar-refractivity contribution in [3.8, 4) is 0 Å². The van der Waals surface area contributed by atoms with Gasteiger partial charge in [0.25, 0.3) is 0 Å². The zero-order valence-corrected chi connectivity index (χ0v) is 11.3. The summed E-state index contributed by atoms with van der Waals surface area (Å²) in [5.74, 6) is -1.28. The summed E-state index contributed by atoms with van der Waals surface area (Å²) in [5.41, 5.74) is 0.449. The van der Waals surface area contributed by atoms with Gasteiger partial charge in [0.05, 0.1) is 0 Å². The Labute approximate surface area is 109 Å². The number of hydrogen-bond donors (Lipinski definition) is 2. The molecule has 1 aromatic rings. The van der Waals surface area contributed by atoms with Crippen molar-refractivity contribution in [3.63, 3.8) is 0 Å². The quantitative estimate of drug-likeness (QED) is 0.835. The molecule has 2 rings (SSSR count). The summed E-state index contributed by atoms with van der Waals surface area (Å²) in [6, 6.07) is 0. The molecule has 0 radical (unpaired) electrons. The fourth-order valence-corrected chi connectivity index (χ4v) is 5.04. The summed E-state index contributed by atoms with van der Waals surface area (Å²) in [7, 11) is -3.76. The first-order chi connectivity index (χ1) is 8.37. The largest absolute Gasteiger partial charge is 0.477 e. The lowest BCUT2D eigenvalue weighted by atomic mass is 10.1. The third kappa shape index (κ3) is 2.05. The molecular formula is C10H13NO5S2. The smallest absolute Gasteiger partial charge is 0.347 e. The van der Waals surface area contributed by atoms with Gasteiger partial charge in [-0.25, -0.2) is 13.2 Å². The highest BCUT2D eigenvalue weighted by atomic mass is 32.2. The molecule has 0 bridgehead atoms. The maximum absolute atomic E-state index is 12.3. The molecular weight excluding hydrogens is 278 g/mol. The molecule has 2 heterocycles. The van der Waals surface area contributed by atoms with Crippen LogP contribution in [0, 0.1) is 12.8 Å². The van der Waals surface area contributed by atoms with Crippen molar-refractivity contribution in [2.75, 3.05) is 19.7 Å². The van der Waals surface area contributed by atoms with Gasteiger partial charge in [-0.2, -0.15) is 4.31 Å². The van der Waals surface area contributed by atoms with Gasteiger partial charge >= 0.3 is 5.97 Å². The van der Waals surface area contributed by atoms with Crippen molar-refractivity contribution in [2.24, 2.45) is 5.92 Å². The number of hydrogen-bond acceptors (Lipinski definition) is 5. The molecule has 1 aromatic heterocycles. The SMILES string of the molecule is Cc1csc(C(=O)O)c1S(=O)(=O)N1CC(CO)C1. The summed E-state index contributed by atoms with van der Waals surface area (Å²) < 4.78 is 25.7. The second kappa shape index (κ2) is 4.61. The van der Waals surface area contributed by atoms with Gasteiger partial charge in [0.2, 0.25) is 10.0 Å². The number of carboxylic acid groups (broad SMARTS) is 1. The Bertz CT molecular complexity index is 571. The Morgan fingerprint density at radius 1 is 1.56 bits per heavy atom. The molecule has 0 unspecified atom stereocenters. The maximum atomic E-state index is 12.3. The maximum Gasteiger partial charge on any atom is 0.347 e. The molecule has 8 heteroatoms. The zero-order chi connectivity index (χ0) is 13.5. The van der Waals surface area contributed by atoms with Crippen LogP contribution in [0.25, 0.3) is 0 Å². The molecule has 0 atom stereocenters. The van der Waals surface area contributed by atoms with Gasteiger partial charge in [0.15, 0.2) is 0 Å². The lowest BCUT2D eigenvalue weighted by Gasteiger charge is -2.37. The molecule has 1 aliphatic rings. The Morgan fingerprint density at radius 3 is 2.67 bits per heavy atom. The Morgan fingerprint density at radius 2 is 2.17 bits per heavy atom. The van der Waals surface area contributed by atoms with Crippen LogP contribution in [0.15, 0.2) is 10.3 Å². The molecule has 0 aliphatic carbocycles. The molecule has 0 amide bonds. The molecule has 6 nitrogen and oxygen atoms in total. The van der Waals surface area contributed by atoms with Gasteiger partial charge in [-0.05, 0) is 17.9 Å². The van der Waals surface area contributed by atoms with E-state index in [9.17, 15) is 13.2 Å². The highest BCUT2D eigenvalue weighted by Gasteiger charge is 2.39. The Kier molecular flexibility index (Phi) is 3.45. The first-order valence-corrected chi connectivity index (χ1v) is 7.62. The van der Waals surface area contributed by atoms with Crippen LogP contribution < -0.4 is 0 Å². The lowest BCUT2D eigenvalue weighted by Crippen LogP contribution is -2.51. The molecule has 18 heavy (non-hydrogen) atoms. The predicted octanol–water partition coefficient (Wildman–Crippen LogP) is 0.368. The number of sulfonamides is 1. The van der Waals surface area contributed by atoms with E-state index in [1.807, 2.05) is 0 Å². The fourth-order valence-electron chi connectivity index (χ4n) is 1.86. The van der Waals surface area contributed by atoms with Gasteiger partial charge < -0.3 is 10.2 Å². The molecule has 0 saturated carbocycles. The number of thiophene rings is 1. The summed E-state index contributed by atoms with van der Waals surface area (Å²) in [4.78, 5) is 10.8. The molecule has 1 fully saturated rings. The minimum Gasteiger partial charge on any atom is -0.477 e. The molecule has 0 spiro atoms. The zero-order valence-electron chi connectivity index (χ0n) is 9.66. The van der Waals surface area contributed by atoms with Crippen molar-refractivity contribution >= 4 is 27.3 Å². The van der Waals surface area contributed by atoms with Gasteiger partial charge in [-0.15, -0.1) is 11.3 Å². The van der Waals surface area contributed by atoms with E-state index in [0.29, 0.717) is 5.56 Å². The average molecular weight is 291 g/mol. The molecule has 2 N–H and O–H groups in total. The normalized spacial score (nSPS) is 17.7. The second-order valence-electron chi connectivity index (χ2n) is 4.25. The molecule has 1 saturated heterocycles. The van der Waals surface area contributed by atoms with Crippen LogP contribution in [0.1, 0.15) is 15.2 Å². The van der Waals surface area contributed by atoms with Crippen LogP contribution in [0.5, 0.6) is 0 Å². The van der Waals surface area contributed by atoms with Gasteiger partial charge in [-0.1, -0.05) is 0 Å². The third-order valence-electron chi connectivity index (χ3n) is 2.89.